The second-order valence-corrected chi connectivity index (χ2v) is 11.4. The molecule has 1 unspecified atom stereocenters. The third-order valence-electron chi connectivity index (χ3n) is 2.13. The second-order valence-electron chi connectivity index (χ2n) is 7.51. The van der Waals surface area contributed by atoms with E-state index in [0.29, 0.717) is 14.9 Å². The van der Waals surface area contributed by atoms with Crippen LogP contribution in [-0.4, -0.2) is 20.5 Å². The van der Waals surface area contributed by atoms with Crippen molar-refractivity contribution >= 4 is 23.5 Å². The van der Waals surface area contributed by atoms with E-state index in [1.807, 2.05) is 0 Å². The van der Waals surface area contributed by atoms with Gasteiger partial charge in [0.05, 0.1) is 0 Å². The van der Waals surface area contributed by atoms with Gasteiger partial charge in [-0.3, -0.25) is 0 Å². The van der Waals surface area contributed by atoms with E-state index in [2.05, 4.69) is 85.8 Å². The molecule has 0 saturated carbocycles. The first-order valence-electron chi connectivity index (χ1n) is 6.13. The Morgan fingerprint density at radius 1 is 0.750 bits per heavy atom. The summed E-state index contributed by atoms with van der Waals surface area (Å²) in [6, 6.07) is 0. The number of hydrogen-bond donors (Lipinski definition) is 0. The Kier molecular flexibility index (Phi) is 5.80. The number of hydrogen-bond acceptors (Lipinski definition) is 2. The summed E-state index contributed by atoms with van der Waals surface area (Å²) < 4.78 is 0.734. The molecule has 0 saturated heterocycles. The van der Waals surface area contributed by atoms with Crippen molar-refractivity contribution in [2.75, 3.05) is 5.75 Å². The molecule has 0 aliphatic carbocycles. The van der Waals surface area contributed by atoms with Crippen LogP contribution < -0.4 is 0 Å². The van der Waals surface area contributed by atoms with E-state index in [4.69, 9.17) is 0 Å². The lowest BCUT2D eigenvalue weighted by atomic mass is 9.93. The Balaban J connectivity index is 4.47. The van der Waals surface area contributed by atoms with E-state index in [0.717, 1.165) is 5.25 Å². The highest BCUT2D eigenvalue weighted by Crippen LogP contribution is 2.41. The fourth-order valence-electron chi connectivity index (χ4n) is 1.21. The number of thioether (sulfide) groups is 2. The third kappa shape index (κ3) is 8.81. The van der Waals surface area contributed by atoms with Crippen LogP contribution in [0.15, 0.2) is 0 Å². The lowest BCUT2D eigenvalue weighted by Crippen LogP contribution is -2.31. The largest absolute Gasteiger partial charge is 0.155 e. The van der Waals surface area contributed by atoms with Crippen molar-refractivity contribution in [2.45, 2.75) is 77.1 Å². The van der Waals surface area contributed by atoms with Crippen molar-refractivity contribution in [2.24, 2.45) is 5.41 Å². The van der Waals surface area contributed by atoms with Crippen LogP contribution in [0.5, 0.6) is 0 Å². The van der Waals surface area contributed by atoms with E-state index in [1.54, 1.807) is 0 Å². The van der Waals surface area contributed by atoms with Crippen molar-refractivity contribution < 1.29 is 0 Å². The zero-order valence-corrected chi connectivity index (χ0v) is 14.2. The monoisotopic (exact) mass is 262 g/mol. The van der Waals surface area contributed by atoms with Gasteiger partial charge < -0.3 is 0 Å². The van der Waals surface area contributed by atoms with Crippen LogP contribution in [-0.2, 0) is 0 Å². The van der Waals surface area contributed by atoms with Gasteiger partial charge in [0.15, 0.2) is 0 Å². The molecule has 2 heteroatoms. The maximum absolute atomic E-state index is 2.36. The molecule has 0 aliphatic rings. The maximum atomic E-state index is 2.36. The molecule has 0 radical (unpaired) electrons. The predicted octanol–water partition coefficient (Wildman–Crippen LogP) is 5.46. The van der Waals surface area contributed by atoms with Gasteiger partial charge in [-0.1, -0.05) is 62.3 Å². The summed E-state index contributed by atoms with van der Waals surface area (Å²) in [4.78, 5) is 0. The summed E-state index contributed by atoms with van der Waals surface area (Å²) in [7, 11) is 0. The van der Waals surface area contributed by atoms with Gasteiger partial charge in [-0.15, -0.1) is 0 Å². The van der Waals surface area contributed by atoms with Gasteiger partial charge in [0.25, 0.3) is 0 Å². The Labute approximate surface area is 112 Å². The molecule has 0 heterocycles. The van der Waals surface area contributed by atoms with E-state index >= 15 is 0 Å². The summed E-state index contributed by atoms with van der Waals surface area (Å²) in [5, 5.41) is 0.719. The van der Waals surface area contributed by atoms with Gasteiger partial charge in [-0.2, -0.15) is 23.5 Å². The van der Waals surface area contributed by atoms with Crippen molar-refractivity contribution in [3.05, 3.63) is 0 Å². The van der Waals surface area contributed by atoms with Crippen molar-refractivity contribution in [3.63, 3.8) is 0 Å². The van der Waals surface area contributed by atoms with Crippen molar-refractivity contribution in [1.82, 2.24) is 0 Å². The molecule has 0 bridgehead atoms. The lowest BCUT2D eigenvalue weighted by molar-refractivity contribution is 0.411. The second kappa shape index (κ2) is 5.56. The van der Waals surface area contributed by atoms with Crippen molar-refractivity contribution in [1.29, 1.82) is 0 Å². The minimum Gasteiger partial charge on any atom is -0.155 e. The zero-order chi connectivity index (χ0) is 13.2. The number of rotatable bonds is 3. The highest BCUT2D eigenvalue weighted by Gasteiger charge is 2.30. The molecule has 98 valence electrons. The molecular weight excluding hydrogens is 232 g/mol. The summed E-state index contributed by atoms with van der Waals surface area (Å²) in [5.41, 5.74) is 0.385. The minimum absolute atomic E-state index is 0.358. The molecule has 0 nitrogen and oxygen atoms in total. The molecule has 0 N–H and O–H groups in total. The molecule has 0 spiro atoms. The van der Waals surface area contributed by atoms with E-state index in [9.17, 15) is 0 Å². The first-order valence-corrected chi connectivity index (χ1v) is 7.99. The molecule has 0 aliphatic heterocycles. The lowest BCUT2D eigenvalue weighted by Gasteiger charge is -2.36. The van der Waals surface area contributed by atoms with Crippen LogP contribution in [0.1, 0.15) is 62.3 Å². The molecular formula is C14H30S2. The predicted molar refractivity (Wildman–Crippen MR) is 82.8 cm³/mol. The molecule has 0 fully saturated rings. The Hall–Kier alpha value is 0.700. The maximum Gasteiger partial charge on any atom is 0.0192 e. The highest BCUT2D eigenvalue weighted by atomic mass is 32.2. The average molecular weight is 263 g/mol. The zero-order valence-electron chi connectivity index (χ0n) is 12.6. The van der Waals surface area contributed by atoms with Gasteiger partial charge in [-0.05, 0) is 5.41 Å². The van der Waals surface area contributed by atoms with Gasteiger partial charge in [0.2, 0.25) is 0 Å². The Morgan fingerprint density at radius 2 is 1.19 bits per heavy atom. The first-order chi connectivity index (χ1) is 6.81. The van der Waals surface area contributed by atoms with Crippen LogP contribution >= 0.6 is 23.5 Å². The summed E-state index contributed by atoms with van der Waals surface area (Å²) in [6.45, 7) is 20.9. The average Bonchev–Trinajstić information content (AvgIpc) is 1.91. The van der Waals surface area contributed by atoms with Crippen LogP contribution in [0, 0.1) is 5.41 Å². The summed E-state index contributed by atoms with van der Waals surface area (Å²) in [6.07, 6.45) is 0. The van der Waals surface area contributed by atoms with Crippen LogP contribution in [0.4, 0.5) is 0 Å². The fourth-order valence-corrected chi connectivity index (χ4v) is 4.05. The molecule has 0 aromatic carbocycles. The molecule has 0 rings (SSSR count). The SMILES string of the molecule is CC(C)(C)SCC(SC(C)(C)C)C(C)(C)C. The highest BCUT2D eigenvalue weighted by molar-refractivity contribution is 8.04. The van der Waals surface area contributed by atoms with E-state index in [-0.39, 0.29) is 0 Å². The smallest absolute Gasteiger partial charge is 0.0192 e. The van der Waals surface area contributed by atoms with Crippen LogP contribution in [0.2, 0.25) is 0 Å². The molecule has 16 heavy (non-hydrogen) atoms. The molecule has 1 atom stereocenters. The standard InChI is InChI=1S/C14H30S2/c1-12(2,3)11(16-14(7,8)9)10-15-13(4,5)6/h11H,10H2,1-9H3. The van der Waals surface area contributed by atoms with Crippen LogP contribution in [0.25, 0.3) is 0 Å². The molecule has 0 amide bonds. The third-order valence-corrected chi connectivity index (χ3v) is 5.57. The topological polar surface area (TPSA) is 0 Å². The van der Waals surface area contributed by atoms with Crippen molar-refractivity contribution in [3.8, 4) is 0 Å². The Morgan fingerprint density at radius 3 is 1.44 bits per heavy atom. The van der Waals surface area contributed by atoms with Crippen LogP contribution in [0.3, 0.4) is 0 Å². The van der Waals surface area contributed by atoms with Gasteiger partial charge in [0, 0.05) is 20.5 Å². The fraction of sp³-hybridized carbons (Fsp3) is 1.00. The summed E-state index contributed by atoms with van der Waals surface area (Å²) in [5.74, 6) is 1.24. The molecule has 0 aromatic heterocycles. The normalized spacial score (nSPS) is 16.3. The Bertz CT molecular complexity index is 200. The van der Waals surface area contributed by atoms with Gasteiger partial charge in [-0.25, -0.2) is 0 Å². The van der Waals surface area contributed by atoms with E-state index in [1.165, 1.54) is 5.75 Å². The molecule has 0 aromatic rings. The van der Waals surface area contributed by atoms with Gasteiger partial charge >= 0.3 is 0 Å². The van der Waals surface area contributed by atoms with E-state index < -0.39 is 0 Å². The van der Waals surface area contributed by atoms with Gasteiger partial charge in [0.1, 0.15) is 0 Å². The minimum atomic E-state index is 0.358. The summed E-state index contributed by atoms with van der Waals surface area (Å²) >= 11 is 4.22. The first kappa shape index (κ1) is 16.7. The quantitative estimate of drug-likeness (QED) is 0.662.